The van der Waals surface area contributed by atoms with Crippen molar-refractivity contribution < 1.29 is 14.3 Å². The van der Waals surface area contributed by atoms with Gasteiger partial charge in [0.1, 0.15) is 16.5 Å². The first kappa shape index (κ1) is 24.3. The van der Waals surface area contributed by atoms with E-state index in [4.69, 9.17) is 4.74 Å². The zero-order chi connectivity index (χ0) is 25.4. The molecule has 0 bridgehead atoms. The Morgan fingerprint density at radius 2 is 1.81 bits per heavy atom. The summed E-state index contributed by atoms with van der Waals surface area (Å²) in [7, 11) is 0. The third kappa shape index (κ3) is 4.82. The van der Waals surface area contributed by atoms with Crippen LogP contribution in [0, 0.1) is 6.92 Å². The Morgan fingerprint density at radius 3 is 2.53 bits per heavy atom. The van der Waals surface area contributed by atoms with Gasteiger partial charge in [0.05, 0.1) is 12.2 Å². The molecule has 0 unspecified atom stereocenters. The summed E-state index contributed by atoms with van der Waals surface area (Å²) in [5, 5.41) is 2.54. The van der Waals surface area contributed by atoms with Crippen molar-refractivity contribution in [2.75, 3.05) is 42.6 Å². The van der Waals surface area contributed by atoms with Gasteiger partial charge < -0.3 is 14.5 Å². The Kier molecular flexibility index (Phi) is 6.47. The number of carbonyl (C=O) groups excluding carboxylic acids is 2. The van der Waals surface area contributed by atoms with Gasteiger partial charge in [0.2, 0.25) is 0 Å². The van der Waals surface area contributed by atoms with E-state index in [1.165, 1.54) is 22.6 Å². The third-order valence-electron chi connectivity index (χ3n) is 6.86. The molecule has 188 valence electrons. The second kappa shape index (κ2) is 9.58. The van der Waals surface area contributed by atoms with Crippen LogP contribution in [0.5, 0.6) is 5.75 Å². The molecule has 8 heteroatoms. The maximum atomic E-state index is 13.2. The molecule has 3 aromatic rings. The predicted molar refractivity (Wildman–Crippen MR) is 143 cm³/mol. The van der Waals surface area contributed by atoms with Gasteiger partial charge in [-0.25, -0.2) is 4.98 Å². The normalized spacial score (nSPS) is 16.1. The number of fused-ring (bicyclic) bond motifs is 1. The number of anilines is 2. The van der Waals surface area contributed by atoms with E-state index < -0.39 is 0 Å². The van der Waals surface area contributed by atoms with Gasteiger partial charge in [-0.15, -0.1) is 11.3 Å². The molecule has 7 nitrogen and oxygen atoms in total. The summed E-state index contributed by atoms with van der Waals surface area (Å²) in [6, 6.07) is 14.4. The van der Waals surface area contributed by atoms with Gasteiger partial charge in [0, 0.05) is 37.2 Å². The van der Waals surface area contributed by atoms with E-state index >= 15 is 0 Å². The number of aromatic nitrogens is 1. The van der Waals surface area contributed by atoms with E-state index in [1.54, 1.807) is 4.90 Å². The van der Waals surface area contributed by atoms with E-state index in [1.807, 2.05) is 34.5 Å². The van der Waals surface area contributed by atoms with Gasteiger partial charge in [-0.2, -0.15) is 0 Å². The average molecular weight is 505 g/mol. The average Bonchev–Trinajstić information content (AvgIpc) is 3.33. The fraction of sp³-hybridized carbons (Fsp3) is 0.393. The number of ether oxygens (including phenoxy) is 1. The maximum Gasteiger partial charge on any atom is 0.273 e. The molecular weight excluding hydrogens is 472 g/mol. The number of amides is 2. The monoisotopic (exact) mass is 504 g/mol. The molecule has 1 saturated heterocycles. The summed E-state index contributed by atoms with van der Waals surface area (Å²) in [5.41, 5.74) is 4.76. The molecule has 0 saturated carbocycles. The standard InChI is InChI=1S/C28H32N4O3S/c1-19-7-5-6-8-22(19)30-11-13-31(14-12-30)27(34)21-18-36-25(29-21)16-32-23-15-20(28(2,3)4)9-10-24(23)35-17-26(32)33/h5-10,15,18H,11-14,16-17H2,1-4H3. The molecule has 2 aromatic carbocycles. The lowest BCUT2D eigenvalue weighted by Gasteiger charge is -2.36. The Morgan fingerprint density at radius 1 is 1.06 bits per heavy atom. The van der Waals surface area contributed by atoms with E-state index in [-0.39, 0.29) is 23.8 Å². The Bertz CT molecular complexity index is 1290. The van der Waals surface area contributed by atoms with Crippen molar-refractivity contribution in [1.82, 2.24) is 9.88 Å². The lowest BCUT2D eigenvalue weighted by atomic mass is 9.86. The van der Waals surface area contributed by atoms with Crippen LogP contribution in [-0.4, -0.2) is 54.5 Å². The number of rotatable bonds is 4. The fourth-order valence-corrected chi connectivity index (χ4v) is 5.45. The topological polar surface area (TPSA) is 66.0 Å². The smallest absolute Gasteiger partial charge is 0.273 e. The van der Waals surface area contributed by atoms with Crippen LogP contribution in [0.1, 0.15) is 47.4 Å². The molecule has 2 aliphatic heterocycles. The van der Waals surface area contributed by atoms with Crippen LogP contribution in [0.2, 0.25) is 0 Å². The number of hydrogen-bond acceptors (Lipinski definition) is 6. The van der Waals surface area contributed by atoms with Gasteiger partial charge in [-0.3, -0.25) is 14.5 Å². The molecule has 0 spiro atoms. The van der Waals surface area contributed by atoms with Crippen molar-refractivity contribution in [1.29, 1.82) is 0 Å². The molecule has 1 aromatic heterocycles. The van der Waals surface area contributed by atoms with Crippen LogP contribution < -0.4 is 14.5 Å². The number of carbonyl (C=O) groups is 2. The molecule has 1 fully saturated rings. The number of hydrogen-bond donors (Lipinski definition) is 0. The first-order valence-corrected chi connectivity index (χ1v) is 13.2. The quantitative estimate of drug-likeness (QED) is 0.518. The van der Waals surface area contributed by atoms with E-state index in [0.717, 1.165) is 29.3 Å². The zero-order valence-electron chi connectivity index (χ0n) is 21.3. The largest absolute Gasteiger partial charge is 0.482 e. The van der Waals surface area contributed by atoms with E-state index in [9.17, 15) is 9.59 Å². The fourth-order valence-electron chi connectivity index (χ4n) is 4.69. The van der Waals surface area contributed by atoms with Crippen molar-refractivity contribution in [3.63, 3.8) is 0 Å². The number of piperazine rings is 1. The first-order valence-electron chi connectivity index (χ1n) is 12.3. The van der Waals surface area contributed by atoms with Gasteiger partial charge in [0.25, 0.3) is 11.8 Å². The highest BCUT2D eigenvalue weighted by Crippen LogP contribution is 2.37. The molecule has 36 heavy (non-hydrogen) atoms. The minimum atomic E-state index is -0.107. The second-order valence-corrected chi connectivity index (χ2v) is 11.3. The molecule has 2 aliphatic rings. The molecule has 0 N–H and O–H groups in total. The summed E-state index contributed by atoms with van der Waals surface area (Å²) in [5.74, 6) is 0.539. The highest BCUT2D eigenvalue weighted by Gasteiger charge is 2.29. The number of aryl methyl sites for hydroxylation is 1. The van der Waals surface area contributed by atoms with Gasteiger partial charge in [-0.1, -0.05) is 45.0 Å². The predicted octanol–water partition coefficient (Wildman–Crippen LogP) is 4.64. The van der Waals surface area contributed by atoms with Crippen molar-refractivity contribution >= 4 is 34.5 Å². The minimum Gasteiger partial charge on any atom is -0.482 e. The third-order valence-corrected chi connectivity index (χ3v) is 7.69. The van der Waals surface area contributed by atoms with Crippen molar-refractivity contribution in [2.45, 2.75) is 39.7 Å². The Balaban J connectivity index is 1.27. The van der Waals surface area contributed by atoms with Crippen molar-refractivity contribution in [3.8, 4) is 5.75 Å². The highest BCUT2D eigenvalue weighted by molar-refractivity contribution is 7.09. The van der Waals surface area contributed by atoms with E-state index in [0.29, 0.717) is 31.1 Å². The van der Waals surface area contributed by atoms with Crippen LogP contribution in [0.25, 0.3) is 0 Å². The van der Waals surface area contributed by atoms with Gasteiger partial charge >= 0.3 is 0 Å². The first-order chi connectivity index (χ1) is 17.2. The molecule has 5 rings (SSSR count). The van der Waals surface area contributed by atoms with E-state index in [2.05, 4.69) is 55.8 Å². The maximum absolute atomic E-state index is 13.2. The SMILES string of the molecule is Cc1ccccc1N1CCN(C(=O)c2csc(CN3C(=O)COc4ccc(C(C)(C)C)cc43)n2)CC1. The molecule has 0 aliphatic carbocycles. The molecule has 0 atom stereocenters. The lowest BCUT2D eigenvalue weighted by molar-refractivity contribution is -0.121. The molecule has 0 radical (unpaired) electrons. The minimum absolute atomic E-state index is 0.00416. The van der Waals surface area contributed by atoms with Gasteiger partial charge in [0.15, 0.2) is 6.61 Å². The number of nitrogens with zero attached hydrogens (tertiary/aromatic N) is 4. The summed E-state index contributed by atoms with van der Waals surface area (Å²) in [4.78, 5) is 36.5. The Hall–Kier alpha value is -3.39. The zero-order valence-corrected chi connectivity index (χ0v) is 22.1. The number of benzene rings is 2. The van der Waals surface area contributed by atoms with Crippen LogP contribution in [0.15, 0.2) is 47.8 Å². The summed E-state index contributed by atoms with van der Waals surface area (Å²) in [6.07, 6.45) is 0. The van der Waals surface area contributed by atoms with Crippen LogP contribution in [0.3, 0.4) is 0 Å². The Labute approximate surface area is 216 Å². The number of para-hydroxylation sites is 1. The van der Waals surface area contributed by atoms with Crippen LogP contribution in [0.4, 0.5) is 11.4 Å². The van der Waals surface area contributed by atoms with Crippen LogP contribution in [-0.2, 0) is 16.8 Å². The van der Waals surface area contributed by atoms with Gasteiger partial charge in [-0.05, 0) is 41.7 Å². The second-order valence-electron chi connectivity index (χ2n) is 10.4. The lowest BCUT2D eigenvalue weighted by Crippen LogP contribution is -2.49. The summed E-state index contributed by atoms with van der Waals surface area (Å²) in [6.45, 7) is 11.8. The van der Waals surface area contributed by atoms with Crippen LogP contribution >= 0.6 is 11.3 Å². The molecule has 2 amide bonds. The summed E-state index contributed by atoms with van der Waals surface area (Å²) < 4.78 is 5.67. The van der Waals surface area contributed by atoms with Crippen molar-refractivity contribution in [2.24, 2.45) is 0 Å². The highest BCUT2D eigenvalue weighted by atomic mass is 32.1. The summed E-state index contributed by atoms with van der Waals surface area (Å²) >= 11 is 1.42. The molecule has 3 heterocycles. The number of thiazole rings is 1. The molecular formula is C28H32N4O3S. The van der Waals surface area contributed by atoms with Crippen molar-refractivity contribution in [3.05, 3.63) is 69.7 Å².